The van der Waals surface area contributed by atoms with Crippen LogP contribution in [-0.4, -0.2) is 8.07 Å². The van der Waals surface area contributed by atoms with Crippen LogP contribution in [0, 0.1) is 0 Å². The molecule has 0 aliphatic heterocycles. The molecule has 0 unspecified atom stereocenters. The van der Waals surface area contributed by atoms with E-state index in [1.807, 2.05) is 0 Å². The summed E-state index contributed by atoms with van der Waals surface area (Å²) in [7, 11) is -2.24. The minimum absolute atomic E-state index is 0.514. The van der Waals surface area contributed by atoms with Crippen molar-refractivity contribution in [1.29, 1.82) is 0 Å². The van der Waals surface area contributed by atoms with Crippen LogP contribution in [0.4, 0.5) is 0 Å². The van der Waals surface area contributed by atoms with E-state index in [0.717, 1.165) is 12.8 Å². The largest absolute Gasteiger partial charge is 0.137 e. The summed E-state index contributed by atoms with van der Waals surface area (Å²) in [6, 6.07) is 43.6. The second kappa shape index (κ2) is 11.4. The molecule has 0 amide bonds. The molecule has 0 atom stereocenters. The van der Waals surface area contributed by atoms with E-state index in [1.54, 1.807) is 10.4 Å². The van der Waals surface area contributed by atoms with Crippen LogP contribution in [0.2, 0.25) is 6.55 Å². The zero-order valence-corrected chi connectivity index (χ0v) is 27.7. The Bertz CT molecular complexity index is 1800. The second-order valence-electron chi connectivity index (χ2n) is 13.5. The third-order valence-electron chi connectivity index (χ3n) is 10.2. The van der Waals surface area contributed by atoms with Crippen molar-refractivity contribution >= 4 is 25.4 Å². The Kier molecular flexibility index (Phi) is 7.39. The SMILES string of the molecule is CC(C)c1cccc(-c2cccc3c2C=C([Si](C)(C2=Cc4c(cccc4-c4cccc(C(C)C)c4)C2)c2ccccc2)C3)c1. The van der Waals surface area contributed by atoms with Crippen molar-refractivity contribution in [2.75, 3.05) is 0 Å². The predicted molar refractivity (Wildman–Crippen MR) is 193 cm³/mol. The molecule has 218 valence electrons. The molecule has 0 saturated carbocycles. The molecule has 44 heavy (non-hydrogen) atoms. The van der Waals surface area contributed by atoms with Gasteiger partial charge in [0.05, 0.1) is 0 Å². The monoisotopic (exact) mass is 586 g/mol. The molecule has 0 heterocycles. The quantitative estimate of drug-likeness (QED) is 0.166. The molecule has 0 nitrogen and oxygen atoms in total. The Morgan fingerprint density at radius 3 is 1.41 bits per heavy atom. The fraction of sp³-hybridized carbons (Fsp3) is 0.209. The maximum absolute atomic E-state index is 2.61. The summed E-state index contributed by atoms with van der Waals surface area (Å²) in [5, 5.41) is 4.74. The minimum Gasteiger partial charge on any atom is -0.0668 e. The molecule has 0 radical (unpaired) electrons. The maximum atomic E-state index is 2.61. The smallest absolute Gasteiger partial charge is 0.0668 e. The first-order chi connectivity index (χ1) is 21.3. The van der Waals surface area contributed by atoms with Crippen LogP contribution in [0.3, 0.4) is 0 Å². The zero-order chi connectivity index (χ0) is 30.4. The Hall–Kier alpha value is -4.20. The summed E-state index contributed by atoms with van der Waals surface area (Å²) in [6.07, 6.45) is 7.23. The summed E-state index contributed by atoms with van der Waals surface area (Å²) >= 11 is 0. The highest BCUT2D eigenvalue weighted by atomic mass is 28.3. The van der Waals surface area contributed by atoms with Gasteiger partial charge in [-0.2, -0.15) is 0 Å². The summed E-state index contributed by atoms with van der Waals surface area (Å²) in [5.41, 5.74) is 13.9. The number of fused-ring (bicyclic) bond motifs is 2. The second-order valence-corrected chi connectivity index (χ2v) is 17.6. The number of benzene rings is 5. The van der Waals surface area contributed by atoms with Gasteiger partial charge < -0.3 is 0 Å². The van der Waals surface area contributed by atoms with Crippen molar-refractivity contribution in [2.24, 2.45) is 0 Å². The molecular weight excluding hydrogens is 545 g/mol. The Labute approximate surface area is 264 Å². The van der Waals surface area contributed by atoms with Crippen molar-refractivity contribution < 1.29 is 0 Å². The van der Waals surface area contributed by atoms with Crippen molar-refractivity contribution in [3.8, 4) is 22.3 Å². The van der Waals surface area contributed by atoms with Crippen molar-refractivity contribution in [3.05, 3.63) is 159 Å². The molecule has 2 aliphatic carbocycles. The number of hydrogen-bond acceptors (Lipinski definition) is 0. The lowest BCUT2D eigenvalue weighted by molar-refractivity contribution is 0.867. The molecule has 5 aromatic carbocycles. The van der Waals surface area contributed by atoms with Crippen LogP contribution >= 0.6 is 0 Å². The van der Waals surface area contributed by atoms with Crippen LogP contribution < -0.4 is 5.19 Å². The summed E-state index contributed by atoms with van der Waals surface area (Å²) < 4.78 is 0. The third kappa shape index (κ3) is 4.94. The lowest BCUT2D eigenvalue weighted by Crippen LogP contribution is -2.49. The standard InChI is InChI=1S/C43H42Si/c1-29(2)31-13-9-15-33(23-31)40-21-11-17-35-25-38(27-42(35)40)44(5,37-19-7-6-8-20-37)39-26-36-18-12-22-41(43(36)28-39)34-16-10-14-32(24-34)30(3)4/h6-24,27-30H,25-26H2,1-5H3. The first-order valence-corrected chi connectivity index (χ1v) is 18.7. The first-order valence-electron chi connectivity index (χ1n) is 16.2. The van der Waals surface area contributed by atoms with Gasteiger partial charge >= 0.3 is 0 Å². The van der Waals surface area contributed by atoms with E-state index in [1.165, 1.54) is 60.8 Å². The molecule has 0 aromatic heterocycles. The highest BCUT2D eigenvalue weighted by Gasteiger charge is 2.41. The van der Waals surface area contributed by atoms with E-state index in [2.05, 4.69) is 162 Å². The van der Waals surface area contributed by atoms with E-state index in [0.29, 0.717) is 11.8 Å². The van der Waals surface area contributed by atoms with Crippen molar-refractivity contribution in [1.82, 2.24) is 0 Å². The molecule has 1 heteroatoms. The number of rotatable bonds is 7. The number of allylic oxidation sites excluding steroid dienone is 2. The van der Waals surface area contributed by atoms with E-state index < -0.39 is 8.07 Å². The van der Waals surface area contributed by atoms with Crippen LogP contribution in [0.15, 0.2) is 126 Å². The van der Waals surface area contributed by atoms with Crippen molar-refractivity contribution in [3.63, 3.8) is 0 Å². The van der Waals surface area contributed by atoms with Gasteiger partial charge in [-0.05, 0) is 80.3 Å². The Morgan fingerprint density at radius 2 is 0.955 bits per heavy atom. The highest BCUT2D eigenvalue weighted by molar-refractivity contribution is 7.03. The highest BCUT2D eigenvalue weighted by Crippen LogP contribution is 2.44. The maximum Gasteiger partial charge on any atom is 0.137 e. The molecule has 0 fully saturated rings. The average Bonchev–Trinajstić information content (AvgIpc) is 3.70. The molecule has 7 rings (SSSR count). The summed E-state index contributed by atoms with van der Waals surface area (Å²) in [5.74, 6) is 1.03. The third-order valence-corrected chi connectivity index (χ3v) is 14.9. The summed E-state index contributed by atoms with van der Waals surface area (Å²) in [6.45, 7) is 11.7. The van der Waals surface area contributed by atoms with Gasteiger partial charge in [0.2, 0.25) is 0 Å². The minimum atomic E-state index is -2.24. The van der Waals surface area contributed by atoms with E-state index >= 15 is 0 Å². The first kappa shape index (κ1) is 28.6. The molecule has 0 saturated heterocycles. The number of hydrogen-bond donors (Lipinski definition) is 0. The molecular formula is C43H42Si. The van der Waals surface area contributed by atoms with Gasteiger partial charge in [-0.3, -0.25) is 0 Å². The summed E-state index contributed by atoms with van der Waals surface area (Å²) in [4.78, 5) is 0. The van der Waals surface area contributed by atoms with Crippen LogP contribution in [0.25, 0.3) is 34.4 Å². The van der Waals surface area contributed by atoms with Gasteiger partial charge in [0.1, 0.15) is 8.07 Å². The predicted octanol–water partition coefficient (Wildman–Crippen LogP) is 10.9. The average molecular weight is 587 g/mol. The molecule has 5 aromatic rings. The van der Waals surface area contributed by atoms with Crippen LogP contribution in [-0.2, 0) is 12.8 Å². The molecule has 0 spiro atoms. The lowest BCUT2D eigenvalue weighted by atomic mass is 9.93. The van der Waals surface area contributed by atoms with Gasteiger partial charge in [0.15, 0.2) is 0 Å². The lowest BCUT2D eigenvalue weighted by Gasteiger charge is -2.32. The van der Waals surface area contributed by atoms with Gasteiger partial charge in [0.25, 0.3) is 0 Å². The van der Waals surface area contributed by atoms with Gasteiger partial charge in [-0.1, -0.05) is 177 Å². The van der Waals surface area contributed by atoms with E-state index in [-0.39, 0.29) is 0 Å². The molecule has 0 bridgehead atoms. The Morgan fingerprint density at radius 1 is 0.500 bits per heavy atom. The van der Waals surface area contributed by atoms with Gasteiger partial charge in [-0.15, -0.1) is 0 Å². The fourth-order valence-corrected chi connectivity index (χ4v) is 11.3. The fourth-order valence-electron chi connectivity index (χ4n) is 7.36. The van der Waals surface area contributed by atoms with E-state index in [4.69, 9.17) is 0 Å². The van der Waals surface area contributed by atoms with Crippen LogP contribution in [0.1, 0.15) is 72.9 Å². The molecule has 0 N–H and O–H groups in total. The van der Waals surface area contributed by atoms with E-state index in [9.17, 15) is 0 Å². The van der Waals surface area contributed by atoms with Gasteiger partial charge in [-0.25, -0.2) is 0 Å². The van der Waals surface area contributed by atoms with Crippen molar-refractivity contribution in [2.45, 2.75) is 58.9 Å². The normalized spacial score (nSPS) is 14.1. The topological polar surface area (TPSA) is 0 Å². The van der Waals surface area contributed by atoms with Gasteiger partial charge in [0, 0.05) is 0 Å². The Balaban J connectivity index is 1.35. The molecule has 2 aliphatic rings. The van der Waals surface area contributed by atoms with Crippen LogP contribution in [0.5, 0.6) is 0 Å². The zero-order valence-electron chi connectivity index (χ0n) is 26.7.